The number of nitrogens with one attached hydrogen (secondary N) is 2. The third-order valence-corrected chi connectivity index (χ3v) is 6.20. The van der Waals surface area contributed by atoms with E-state index in [1.165, 1.54) is 23.3 Å². The number of carbonyl (C=O) groups excluding carboxylic acids is 1. The van der Waals surface area contributed by atoms with Crippen molar-refractivity contribution in [2.75, 3.05) is 44.2 Å². The van der Waals surface area contributed by atoms with Crippen LogP contribution in [-0.4, -0.2) is 75.4 Å². The summed E-state index contributed by atoms with van der Waals surface area (Å²) in [6.07, 6.45) is 7.94. The van der Waals surface area contributed by atoms with Crippen molar-refractivity contribution in [1.29, 1.82) is 0 Å². The molecule has 1 aliphatic heterocycles. The van der Waals surface area contributed by atoms with Gasteiger partial charge in [0.15, 0.2) is 0 Å². The molecule has 1 saturated heterocycles. The number of amides is 1. The first-order valence-electron chi connectivity index (χ1n) is 11.1. The van der Waals surface area contributed by atoms with Crippen molar-refractivity contribution in [3.05, 3.63) is 54.0 Å². The Kier molecular flexibility index (Phi) is 7.31. The lowest BCUT2D eigenvalue weighted by atomic mass is 9.96. The Morgan fingerprint density at radius 2 is 1.94 bits per heavy atom. The predicted octanol–water partition coefficient (Wildman–Crippen LogP) is 1.83. The molecule has 170 valence electrons. The molecule has 0 bridgehead atoms. The van der Waals surface area contributed by atoms with Crippen LogP contribution in [0.1, 0.15) is 28.8 Å². The molecule has 9 nitrogen and oxygen atoms in total. The van der Waals surface area contributed by atoms with Crippen LogP contribution in [0.25, 0.3) is 10.9 Å². The zero-order chi connectivity index (χ0) is 22.3. The standard InChI is InChI=1S/C23H30N6O3/c30-12-11-28(8-7-18-13-24-21-4-2-1-3-20(18)21)16-17-5-9-29(10-6-17)23-25-14-19(15-26-23)22(31)27-32/h1-4,13-15,17,24,30,32H,5-12,16H2,(H,27,31). The van der Waals surface area contributed by atoms with E-state index in [0.29, 0.717) is 18.4 Å². The molecule has 0 radical (unpaired) electrons. The summed E-state index contributed by atoms with van der Waals surface area (Å²) in [4.78, 5) is 27.8. The molecule has 9 heteroatoms. The van der Waals surface area contributed by atoms with Crippen LogP contribution in [0.2, 0.25) is 0 Å². The molecule has 4 N–H and O–H groups in total. The third kappa shape index (κ3) is 5.24. The second kappa shape index (κ2) is 10.5. The molecule has 1 amide bonds. The van der Waals surface area contributed by atoms with Crippen molar-refractivity contribution >= 4 is 22.8 Å². The number of aliphatic hydroxyl groups is 1. The maximum absolute atomic E-state index is 11.4. The molecule has 3 aromatic rings. The summed E-state index contributed by atoms with van der Waals surface area (Å²) in [5, 5.41) is 19.5. The first-order valence-corrected chi connectivity index (χ1v) is 11.1. The number of para-hydroxylation sites is 1. The van der Waals surface area contributed by atoms with Gasteiger partial charge in [-0.05, 0) is 36.8 Å². The molecule has 0 atom stereocenters. The first-order chi connectivity index (χ1) is 15.7. The minimum absolute atomic E-state index is 0.161. The van der Waals surface area contributed by atoms with Crippen LogP contribution in [0.3, 0.4) is 0 Å². The van der Waals surface area contributed by atoms with Gasteiger partial charge in [0.2, 0.25) is 5.95 Å². The molecule has 0 aliphatic carbocycles. The van der Waals surface area contributed by atoms with Crippen LogP contribution in [-0.2, 0) is 6.42 Å². The normalized spacial score (nSPS) is 14.9. The predicted molar refractivity (Wildman–Crippen MR) is 122 cm³/mol. The number of nitrogens with zero attached hydrogens (tertiary/aromatic N) is 4. The van der Waals surface area contributed by atoms with Crippen molar-refractivity contribution in [2.24, 2.45) is 5.92 Å². The van der Waals surface area contributed by atoms with Crippen molar-refractivity contribution in [1.82, 2.24) is 25.3 Å². The van der Waals surface area contributed by atoms with E-state index in [9.17, 15) is 9.90 Å². The number of aromatic nitrogens is 3. The van der Waals surface area contributed by atoms with E-state index in [2.05, 4.69) is 49.1 Å². The molecular formula is C23H30N6O3. The van der Waals surface area contributed by atoms with E-state index >= 15 is 0 Å². The average molecular weight is 439 g/mol. The van der Waals surface area contributed by atoms with Crippen molar-refractivity contribution in [3.63, 3.8) is 0 Å². The summed E-state index contributed by atoms with van der Waals surface area (Å²) >= 11 is 0. The van der Waals surface area contributed by atoms with Crippen LogP contribution < -0.4 is 10.4 Å². The number of hydrogen-bond donors (Lipinski definition) is 4. The molecule has 1 aliphatic rings. The Hall–Kier alpha value is -3.01. The topological polar surface area (TPSA) is 118 Å². The average Bonchev–Trinajstić information content (AvgIpc) is 3.26. The second-order valence-corrected chi connectivity index (χ2v) is 8.28. The zero-order valence-corrected chi connectivity index (χ0v) is 18.1. The van der Waals surface area contributed by atoms with Gasteiger partial charge in [0.25, 0.3) is 5.91 Å². The molecular weight excluding hydrogens is 408 g/mol. The van der Waals surface area contributed by atoms with E-state index in [-0.39, 0.29) is 12.2 Å². The van der Waals surface area contributed by atoms with Gasteiger partial charge in [0.05, 0.1) is 12.2 Å². The summed E-state index contributed by atoms with van der Waals surface area (Å²) in [6.45, 7) is 4.43. The first kappa shape index (κ1) is 22.2. The maximum atomic E-state index is 11.4. The highest BCUT2D eigenvalue weighted by Gasteiger charge is 2.23. The van der Waals surface area contributed by atoms with E-state index in [1.807, 2.05) is 6.07 Å². The Balaban J connectivity index is 1.29. The minimum Gasteiger partial charge on any atom is -0.395 e. The van der Waals surface area contributed by atoms with Crippen LogP contribution in [0.4, 0.5) is 5.95 Å². The van der Waals surface area contributed by atoms with Crippen LogP contribution >= 0.6 is 0 Å². The number of hydrogen-bond acceptors (Lipinski definition) is 7. The van der Waals surface area contributed by atoms with Crippen molar-refractivity contribution in [3.8, 4) is 0 Å². The maximum Gasteiger partial charge on any atom is 0.277 e. The monoisotopic (exact) mass is 438 g/mol. The number of fused-ring (bicyclic) bond motifs is 1. The number of benzene rings is 1. The largest absolute Gasteiger partial charge is 0.395 e. The van der Waals surface area contributed by atoms with Crippen LogP contribution in [0.15, 0.2) is 42.9 Å². The van der Waals surface area contributed by atoms with Crippen molar-refractivity contribution < 1.29 is 15.1 Å². The summed E-state index contributed by atoms with van der Waals surface area (Å²) in [6, 6.07) is 8.35. The van der Waals surface area contributed by atoms with E-state index in [0.717, 1.165) is 51.0 Å². The van der Waals surface area contributed by atoms with E-state index in [4.69, 9.17) is 5.21 Å². The van der Waals surface area contributed by atoms with Gasteiger partial charge in [-0.1, -0.05) is 18.2 Å². The summed E-state index contributed by atoms with van der Waals surface area (Å²) < 4.78 is 0. The summed E-state index contributed by atoms with van der Waals surface area (Å²) in [7, 11) is 0. The lowest BCUT2D eigenvalue weighted by Crippen LogP contribution is -2.40. The highest BCUT2D eigenvalue weighted by atomic mass is 16.5. The molecule has 0 unspecified atom stereocenters. The van der Waals surface area contributed by atoms with E-state index in [1.54, 1.807) is 5.48 Å². The lowest BCUT2D eigenvalue weighted by Gasteiger charge is -2.34. The molecule has 1 aromatic carbocycles. The molecule has 2 aromatic heterocycles. The van der Waals surface area contributed by atoms with Crippen LogP contribution in [0.5, 0.6) is 0 Å². The Labute approximate surface area is 187 Å². The zero-order valence-electron chi connectivity index (χ0n) is 18.1. The van der Waals surface area contributed by atoms with Gasteiger partial charge < -0.3 is 19.9 Å². The number of hydroxylamine groups is 1. The Morgan fingerprint density at radius 1 is 1.19 bits per heavy atom. The molecule has 32 heavy (non-hydrogen) atoms. The number of anilines is 1. The van der Waals surface area contributed by atoms with Gasteiger partial charge in [0, 0.05) is 62.2 Å². The summed E-state index contributed by atoms with van der Waals surface area (Å²) in [5.74, 6) is 0.538. The third-order valence-electron chi connectivity index (χ3n) is 6.20. The fourth-order valence-corrected chi connectivity index (χ4v) is 4.40. The number of carbonyl (C=O) groups is 1. The number of H-pyrrole nitrogens is 1. The fourth-order valence-electron chi connectivity index (χ4n) is 4.40. The minimum atomic E-state index is -0.619. The highest BCUT2D eigenvalue weighted by molar-refractivity contribution is 5.92. The van der Waals surface area contributed by atoms with Gasteiger partial charge >= 0.3 is 0 Å². The lowest BCUT2D eigenvalue weighted by molar-refractivity contribution is 0.0705. The quantitative estimate of drug-likeness (QED) is 0.297. The SMILES string of the molecule is O=C(NO)c1cnc(N2CCC(CN(CCO)CCc3c[nH]c4ccccc34)CC2)nc1. The molecule has 1 fully saturated rings. The van der Waals surface area contributed by atoms with Gasteiger partial charge in [-0.3, -0.25) is 10.0 Å². The fraction of sp³-hybridized carbons (Fsp3) is 0.435. The van der Waals surface area contributed by atoms with E-state index < -0.39 is 5.91 Å². The van der Waals surface area contributed by atoms with Crippen molar-refractivity contribution in [2.45, 2.75) is 19.3 Å². The van der Waals surface area contributed by atoms with Crippen LogP contribution in [0, 0.1) is 5.92 Å². The smallest absolute Gasteiger partial charge is 0.277 e. The number of rotatable bonds is 9. The second-order valence-electron chi connectivity index (χ2n) is 8.28. The highest BCUT2D eigenvalue weighted by Crippen LogP contribution is 2.22. The number of aliphatic hydroxyl groups excluding tert-OH is 1. The Morgan fingerprint density at radius 3 is 2.66 bits per heavy atom. The van der Waals surface area contributed by atoms with Gasteiger partial charge in [-0.2, -0.15) is 0 Å². The molecule has 3 heterocycles. The molecule has 0 spiro atoms. The number of piperidine rings is 1. The summed E-state index contributed by atoms with van der Waals surface area (Å²) in [5.41, 5.74) is 4.29. The molecule has 0 saturated carbocycles. The molecule has 4 rings (SSSR count). The number of aromatic amines is 1. The Bertz CT molecular complexity index is 1010. The van der Waals surface area contributed by atoms with Gasteiger partial charge in [-0.15, -0.1) is 0 Å². The van der Waals surface area contributed by atoms with Gasteiger partial charge in [-0.25, -0.2) is 15.4 Å². The van der Waals surface area contributed by atoms with Gasteiger partial charge in [0.1, 0.15) is 0 Å².